The highest BCUT2D eigenvalue weighted by atomic mass is 16.5. The number of fused-ring (bicyclic) bond motifs is 6. The first-order chi connectivity index (χ1) is 15.8. The molecule has 1 N–H and O–H groups in total. The summed E-state index contributed by atoms with van der Waals surface area (Å²) in [4.78, 5) is 2.79. The van der Waals surface area contributed by atoms with E-state index >= 15 is 0 Å². The molecule has 6 rings (SSSR count). The number of aliphatic hydroxyl groups is 1. The first kappa shape index (κ1) is 22.8. The van der Waals surface area contributed by atoms with E-state index in [2.05, 4.69) is 45.6 Å². The summed E-state index contributed by atoms with van der Waals surface area (Å²) in [6, 6.07) is 0.600. The number of hydrogen-bond acceptors (Lipinski definition) is 3. The van der Waals surface area contributed by atoms with Crippen LogP contribution in [0.1, 0.15) is 92.4 Å². The van der Waals surface area contributed by atoms with Crippen LogP contribution in [-0.4, -0.2) is 46.9 Å². The van der Waals surface area contributed by atoms with Crippen molar-refractivity contribution in [2.45, 2.75) is 116 Å². The van der Waals surface area contributed by atoms with E-state index in [9.17, 15) is 5.11 Å². The zero-order valence-corrected chi connectivity index (χ0v) is 21.8. The highest BCUT2D eigenvalue weighted by Gasteiger charge is 2.61. The van der Waals surface area contributed by atoms with Crippen LogP contribution < -0.4 is 0 Å². The lowest BCUT2D eigenvalue weighted by atomic mass is 9.56. The number of likely N-dealkylation sites (tertiary alicyclic amines) is 1. The Labute approximate surface area is 202 Å². The molecule has 10 unspecified atom stereocenters. The van der Waals surface area contributed by atoms with Crippen molar-refractivity contribution in [1.29, 1.82) is 0 Å². The highest BCUT2D eigenvalue weighted by molar-refractivity contribution is 5.38. The smallest absolute Gasteiger partial charge is 0.0937 e. The number of nitrogens with zero attached hydrogens (tertiary/aromatic N) is 1. The highest BCUT2D eigenvalue weighted by Crippen LogP contribution is 2.65. The molecule has 4 fully saturated rings. The molecule has 4 aliphatic carbocycles. The van der Waals surface area contributed by atoms with Gasteiger partial charge in [0.15, 0.2) is 0 Å². The third-order valence-corrected chi connectivity index (χ3v) is 11.6. The third kappa shape index (κ3) is 3.17. The average Bonchev–Trinajstić information content (AvgIpc) is 3.29. The van der Waals surface area contributed by atoms with E-state index in [1.807, 2.05) is 0 Å². The average molecular weight is 454 g/mol. The van der Waals surface area contributed by atoms with Gasteiger partial charge in [-0.3, -0.25) is 4.90 Å². The first-order valence-electron chi connectivity index (χ1n) is 14.3. The van der Waals surface area contributed by atoms with Gasteiger partial charge in [-0.2, -0.15) is 0 Å². The van der Waals surface area contributed by atoms with Crippen LogP contribution in [0.15, 0.2) is 22.8 Å². The lowest BCUT2D eigenvalue weighted by Gasteiger charge is -2.49. The Morgan fingerprint density at radius 2 is 2.00 bits per heavy atom. The SMILES string of the molecule is CCCN1CC(C)CC2OC3(CCC4C(=C3C)CC3C4CC=C4CC(O)CCC43C)C(C)C21. The second-order valence-electron chi connectivity index (χ2n) is 13.2. The monoisotopic (exact) mass is 453 g/mol. The van der Waals surface area contributed by atoms with Crippen LogP contribution in [-0.2, 0) is 4.74 Å². The molecule has 0 aromatic rings. The fraction of sp³-hybridized carbons (Fsp3) is 0.867. The Morgan fingerprint density at radius 3 is 2.79 bits per heavy atom. The minimum atomic E-state index is -0.113. The van der Waals surface area contributed by atoms with Gasteiger partial charge in [-0.25, -0.2) is 0 Å². The zero-order chi connectivity index (χ0) is 23.1. The molecule has 2 heterocycles. The molecule has 10 atom stereocenters. The van der Waals surface area contributed by atoms with E-state index in [-0.39, 0.29) is 11.7 Å². The molecular weight excluding hydrogens is 406 g/mol. The molecule has 0 aromatic heterocycles. The van der Waals surface area contributed by atoms with Crippen LogP contribution in [0.2, 0.25) is 0 Å². The molecule has 0 aromatic carbocycles. The summed E-state index contributed by atoms with van der Waals surface area (Å²) in [5, 5.41) is 10.3. The summed E-state index contributed by atoms with van der Waals surface area (Å²) >= 11 is 0. The third-order valence-electron chi connectivity index (χ3n) is 11.6. The summed E-state index contributed by atoms with van der Waals surface area (Å²) in [6.07, 6.45) is 13.5. The molecule has 0 amide bonds. The Morgan fingerprint density at radius 1 is 1.18 bits per heavy atom. The molecule has 0 radical (unpaired) electrons. The van der Waals surface area contributed by atoms with E-state index in [0.717, 1.165) is 36.5 Å². The van der Waals surface area contributed by atoms with Crippen LogP contribution in [0, 0.1) is 35.0 Å². The van der Waals surface area contributed by atoms with Gasteiger partial charge in [0.25, 0.3) is 0 Å². The largest absolute Gasteiger partial charge is 0.393 e. The number of allylic oxidation sites excluding steroid dienone is 2. The fourth-order valence-corrected chi connectivity index (χ4v) is 10.0. The van der Waals surface area contributed by atoms with Gasteiger partial charge < -0.3 is 9.84 Å². The van der Waals surface area contributed by atoms with Gasteiger partial charge in [0.1, 0.15) is 0 Å². The van der Waals surface area contributed by atoms with Gasteiger partial charge in [0.2, 0.25) is 0 Å². The first-order valence-corrected chi connectivity index (χ1v) is 14.3. The number of piperidine rings is 1. The maximum absolute atomic E-state index is 10.3. The zero-order valence-electron chi connectivity index (χ0n) is 21.8. The van der Waals surface area contributed by atoms with Crippen molar-refractivity contribution in [3.63, 3.8) is 0 Å². The van der Waals surface area contributed by atoms with Crippen molar-refractivity contribution in [2.24, 2.45) is 35.0 Å². The van der Waals surface area contributed by atoms with Gasteiger partial charge in [-0.05, 0) is 106 Å². The molecule has 3 heteroatoms. The summed E-state index contributed by atoms with van der Waals surface area (Å²) in [5.41, 5.74) is 5.29. The second-order valence-corrected chi connectivity index (χ2v) is 13.2. The van der Waals surface area contributed by atoms with Crippen LogP contribution in [0.5, 0.6) is 0 Å². The summed E-state index contributed by atoms with van der Waals surface area (Å²) < 4.78 is 7.23. The van der Waals surface area contributed by atoms with Gasteiger partial charge in [0.05, 0.1) is 17.8 Å². The van der Waals surface area contributed by atoms with E-state index in [4.69, 9.17) is 4.74 Å². The number of aliphatic hydroxyl groups excluding tert-OH is 1. The van der Waals surface area contributed by atoms with E-state index in [0.29, 0.717) is 23.5 Å². The molecule has 33 heavy (non-hydrogen) atoms. The van der Waals surface area contributed by atoms with Crippen LogP contribution in [0.3, 0.4) is 0 Å². The standard InChI is InChI=1S/C30H47NO2/c1-6-13-31-17-18(2)14-27-28(31)20(4)30(33-27)12-10-23-24-8-7-21-15-22(32)9-11-29(21,5)26(24)16-25(23)19(30)3/h7,18,20,22-24,26-28,32H,6,8-17H2,1-5H3. The molecule has 2 saturated heterocycles. The molecule has 0 bridgehead atoms. The Kier molecular flexibility index (Phi) is 5.48. The lowest BCUT2D eigenvalue weighted by Crippen LogP contribution is -2.52. The molecule has 1 spiro atoms. The van der Waals surface area contributed by atoms with Crippen LogP contribution >= 0.6 is 0 Å². The fourth-order valence-electron chi connectivity index (χ4n) is 10.0. The minimum Gasteiger partial charge on any atom is -0.393 e. The van der Waals surface area contributed by atoms with Crippen molar-refractivity contribution < 1.29 is 9.84 Å². The van der Waals surface area contributed by atoms with Gasteiger partial charge in [0, 0.05) is 18.5 Å². The molecule has 2 saturated carbocycles. The maximum Gasteiger partial charge on any atom is 0.0937 e. The van der Waals surface area contributed by atoms with E-state index in [1.165, 1.54) is 58.0 Å². The Bertz CT molecular complexity index is 861. The molecule has 3 nitrogen and oxygen atoms in total. The maximum atomic E-state index is 10.3. The van der Waals surface area contributed by atoms with Crippen molar-refractivity contribution >= 4 is 0 Å². The van der Waals surface area contributed by atoms with Crippen molar-refractivity contribution in [3.8, 4) is 0 Å². The molecule has 184 valence electrons. The van der Waals surface area contributed by atoms with E-state index in [1.54, 1.807) is 16.7 Å². The van der Waals surface area contributed by atoms with Crippen LogP contribution in [0.4, 0.5) is 0 Å². The Hall–Kier alpha value is -0.640. The molecular formula is C30H47NO2. The lowest BCUT2D eigenvalue weighted by molar-refractivity contribution is -0.0648. The van der Waals surface area contributed by atoms with Crippen molar-refractivity contribution in [2.75, 3.05) is 13.1 Å². The molecule has 2 aliphatic heterocycles. The van der Waals surface area contributed by atoms with E-state index < -0.39 is 0 Å². The topological polar surface area (TPSA) is 32.7 Å². The number of ether oxygens (including phenoxy) is 1. The van der Waals surface area contributed by atoms with Gasteiger partial charge >= 0.3 is 0 Å². The van der Waals surface area contributed by atoms with Crippen LogP contribution in [0.25, 0.3) is 0 Å². The van der Waals surface area contributed by atoms with Crippen molar-refractivity contribution in [1.82, 2.24) is 4.90 Å². The Balaban J connectivity index is 1.33. The van der Waals surface area contributed by atoms with Gasteiger partial charge in [-0.15, -0.1) is 0 Å². The number of rotatable bonds is 2. The predicted molar refractivity (Wildman–Crippen MR) is 134 cm³/mol. The normalized spacial score (nSPS) is 51.8. The quantitative estimate of drug-likeness (QED) is 0.511. The minimum absolute atomic E-state index is 0.0232. The van der Waals surface area contributed by atoms with Gasteiger partial charge in [-0.1, -0.05) is 44.9 Å². The summed E-state index contributed by atoms with van der Waals surface area (Å²) in [5.74, 6) is 3.68. The molecule has 6 aliphatic rings. The summed E-state index contributed by atoms with van der Waals surface area (Å²) in [7, 11) is 0. The second kappa shape index (κ2) is 7.93. The van der Waals surface area contributed by atoms with Crippen molar-refractivity contribution in [3.05, 3.63) is 22.8 Å². The number of hydrogen-bond donors (Lipinski definition) is 1. The predicted octanol–water partition coefficient (Wildman–Crippen LogP) is 6.12. The summed E-state index contributed by atoms with van der Waals surface area (Å²) in [6.45, 7) is 14.8.